The average molecular weight is 364 g/mol. The van der Waals surface area contributed by atoms with Gasteiger partial charge in [-0.15, -0.1) is 0 Å². The zero-order chi connectivity index (χ0) is 17.8. The van der Waals surface area contributed by atoms with Gasteiger partial charge in [-0.2, -0.15) is 5.43 Å². The van der Waals surface area contributed by atoms with Gasteiger partial charge in [-0.25, -0.2) is 9.43 Å². The number of ketones is 1. The largest absolute Gasteiger partial charge is 0.506 e. The number of aromatic hydroxyl groups is 1. The van der Waals surface area contributed by atoms with E-state index >= 15 is 0 Å². The van der Waals surface area contributed by atoms with Crippen LogP contribution in [0.4, 0.5) is 5.69 Å². The zero-order valence-corrected chi connectivity index (χ0v) is 14.1. The van der Waals surface area contributed by atoms with Gasteiger partial charge in [0.2, 0.25) is 0 Å². The standard InChI is InChI=1S/C17H18ClN3O4/c18-20-8-7-11-15(24)19-21(12-3-1-2-4-13(12)23)16(25)17(11)9-10(22)5-6-14(17)20/h1-6,11,14-15,19,23-24H,7-9H2. The Labute approximate surface area is 149 Å². The first kappa shape index (κ1) is 16.5. The van der Waals surface area contributed by atoms with Crippen LogP contribution in [0.3, 0.4) is 0 Å². The molecule has 2 heterocycles. The van der Waals surface area contributed by atoms with Crippen LogP contribution in [0.25, 0.3) is 0 Å². The topological polar surface area (TPSA) is 93.1 Å². The first-order valence-corrected chi connectivity index (χ1v) is 8.49. The van der Waals surface area contributed by atoms with Crippen LogP contribution in [0.2, 0.25) is 0 Å². The molecule has 25 heavy (non-hydrogen) atoms. The molecule has 1 aromatic rings. The molecule has 2 aliphatic heterocycles. The van der Waals surface area contributed by atoms with Gasteiger partial charge in [-0.05, 0) is 36.4 Å². The van der Waals surface area contributed by atoms with Crippen LogP contribution in [0.15, 0.2) is 36.4 Å². The third kappa shape index (κ3) is 2.31. The normalized spacial score (nSPS) is 35.4. The minimum Gasteiger partial charge on any atom is -0.506 e. The molecular formula is C17H18ClN3O4. The molecule has 0 aromatic heterocycles. The predicted octanol–water partition coefficient (Wildman–Crippen LogP) is 0.921. The fourth-order valence-corrected chi connectivity index (χ4v) is 4.63. The van der Waals surface area contributed by atoms with Gasteiger partial charge in [0.25, 0.3) is 5.91 Å². The maximum Gasteiger partial charge on any atom is 0.250 e. The second-order valence-corrected chi connectivity index (χ2v) is 7.14. The van der Waals surface area contributed by atoms with Crippen molar-refractivity contribution in [3.05, 3.63) is 36.4 Å². The maximum absolute atomic E-state index is 13.5. The number of aliphatic hydroxyl groups excluding tert-OH is 1. The fourth-order valence-electron chi connectivity index (χ4n) is 4.30. The van der Waals surface area contributed by atoms with E-state index in [0.29, 0.717) is 13.0 Å². The number of hydrogen-bond donors (Lipinski definition) is 3. The Balaban J connectivity index is 1.85. The van der Waals surface area contributed by atoms with Crippen molar-refractivity contribution in [2.75, 3.05) is 11.6 Å². The highest BCUT2D eigenvalue weighted by Crippen LogP contribution is 2.51. The van der Waals surface area contributed by atoms with Crippen molar-refractivity contribution in [2.45, 2.75) is 25.1 Å². The van der Waals surface area contributed by atoms with E-state index < -0.39 is 23.6 Å². The van der Waals surface area contributed by atoms with Crippen LogP contribution in [0.5, 0.6) is 5.75 Å². The second kappa shape index (κ2) is 5.81. The predicted molar refractivity (Wildman–Crippen MR) is 90.4 cm³/mol. The van der Waals surface area contributed by atoms with Crippen LogP contribution in [-0.4, -0.2) is 45.1 Å². The smallest absolute Gasteiger partial charge is 0.250 e. The molecule has 0 radical (unpaired) electrons. The Morgan fingerprint density at radius 2 is 2.04 bits per heavy atom. The molecule has 4 rings (SSSR count). The van der Waals surface area contributed by atoms with E-state index in [0.717, 1.165) is 5.01 Å². The quantitative estimate of drug-likeness (QED) is 0.643. The number of aliphatic hydroxyl groups is 1. The number of hydrazine groups is 1. The van der Waals surface area contributed by atoms with Crippen LogP contribution in [0.1, 0.15) is 12.8 Å². The van der Waals surface area contributed by atoms with Crippen LogP contribution >= 0.6 is 11.8 Å². The zero-order valence-electron chi connectivity index (χ0n) is 13.3. The second-order valence-electron chi connectivity index (χ2n) is 6.71. The molecule has 1 spiro atoms. The molecule has 1 aromatic carbocycles. The summed E-state index contributed by atoms with van der Waals surface area (Å²) < 4.78 is 1.53. The number of piperidine rings is 1. The van der Waals surface area contributed by atoms with Crippen molar-refractivity contribution in [2.24, 2.45) is 11.3 Å². The molecule has 3 aliphatic rings. The third-order valence-corrected chi connectivity index (χ3v) is 5.82. The van der Waals surface area contributed by atoms with Crippen molar-refractivity contribution in [1.82, 2.24) is 9.84 Å². The number of allylic oxidation sites excluding steroid dienone is 1. The lowest BCUT2D eigenvalue weighted by molar-refractivity contribution is -0.159. The Morgan fingerprint density at radius 1 is 1.28 bits per heavy atom. The Morgan fingerprint density at radius 3 is 2.80 bits per heavy atom. The van der Waals surface area contributed by atoms with Crippen molar-refractivity contribution < 1.29 is 19.8 Å². The number of phenols is 1. The first-order chi connectivity index (χ1) is 11.9. The van der Waals surface area contributed by atoms with E-state index in [-0.39, 0.29) is 29.5 Å². The number of benzene rings is 1. The summed E-state index contributed by atoms with van der Waals surface area (Å²) in [6.07, 6.45) is 2.51. The summed E-state index contributed by atoms with van der Waals surface area (Å²) >= 11 is 6.34. The number of nitrogens with zero attached hydrogens (tertiary/aromatic N) is 2. The van der Waals surface area contributed by atoms with Gasteiger partial charge in [0, 0.05) is 18.9 Å². The number of carbonyl (C=O) groups is 2. The fraction of sp³-hybridized carbons (Fsp3) is 0.412. The van der Waals surface area contributed by atoms with Crippen molar-refractivity contribution in [3.8, 4) is 5.75 Å². The average Bonchev–Trinajstić information content (AvgIpc) is 2.58. The number of amides is 1. The minimum absolute atomic E-state index is 0.0241. The van der Waals surface area contributed by atoms with Crippen molar-refractivity contribution in [1.29, 1.82) is 0 Å². The molecule has 7 nitrogen and oxygen atoms in total. The molecule has 4 unspecified atom stereocenters. The molecule has 3 N–H and O–H groups in total. The SMILES string of the molecule is O=C1C=CC2N(Cl)CCC3C(O)NN(c4ccccc4O)C(=O)C32C1. The van der Waals surface area contributed by atoms with E-state index in [9.17, 15) is 19.8 Å². The Bertz CT molecular complexity index is 770. The Kier molecular flexibility index (Phi) is 3.84. The summed E-state index contributed by atoms with van der Waals surface area (Å²) in [5, 5.41) is 21.9. The molecule has 132 valence electrons. The van der Waals surface area contributed by atoms with E-state index in [2.05, 4.69) is 5.43 Å². The highest BCUT2D eigenvalue weighted by atomic mass is 35.5. The summed E-state index contributed by atoms with van der Waals surface area (Å²) in [4.78, 5) is 25.6. The number of para-hydroxylation sites is 2. The highest BCUT2D eigenvalue weighted by molar-refractivity contribution is 6.15. The molecule has 4 atom stereocenters. The number of carbonyl (C=O) groups excluding carboxylic acids is 2. The van der Waals surface area contributed by atoms with Crippen molar-refractivity contribution in [3.63, 3.8) is 0 Å². The number of nitrogens with one attached hydrogen (secondary N) is 1. The molecule has 0 saturated carbocycles. The number of hydrogen-bond acceptors (Lipinski definition) is 6. The molecule has 0 bridgehead atoms. The lowest BCUT2D eigenvalue weighted by atomic mass is 9.59. The van der Waals surface area contributed by atoms with E-state index in [1.807, 2.05) is 0 Å². The summed E-state index contributed by atoms with van der Waals surface area (Å²) in [7, 11) is 0. The molecule has 1 amide bonds. The van der Waals surface area contributed by atoms with Crippen molar-refractivity contribution >= 4 is 29.2 Å². The minimum atomic E-state index is -1.17. The van der Waals surface area contributed by atoms with Gasteiger partial charge < -0.3 is 10.2 Å². The number of phenolic OH excluding ortho intramolecular Hbond substituents is 1. The lowest BCUT2D eigenvalue weighted by Gasteiger charge is -2.56. The monoisotopic (exact) mass is 363 g/mol. The first-order valence-electron chi connectivity index (χ1n) is 8.15. The molecule has 1 aliphatic carbocycles. The summed E-state index contributed by atoms with van der Waals surface area (Å²) in [5.41, 5.74) is 1.82. The number of rotatable bonds is 1. The van der Waals surface area contributed by atoms with Gasteiger partial charge in [0.15, 0.2) is 5.78 Å². The molecular weight excluding hydrogens is 346 g/mol. The maximum atomic E-state index is 13.5. The van der Waals surface area contributed by atoms with Gasteiger partial charge >= 0.3 is 0 Å². The van der Waals surface area contributed by atoms with Gasteiger partial charge in [-0.1, -0.05) is 18.2 Å². The van der Waals surface area contributed by atoms with Crippen LogP contribution < -0.4 is 10.4 Å². The lowest BCUT2D eigenvalue weighted by Crippen LogP contribution is -2.73. The van der Waals surface area contributed by atoms with Gasteiger partial charge in [0.1, 0.15) is 17.7 Å². The van der Waals surface area contributed by atoms with E-state index in [1.165, 1.54) is 16.6 Å². The summed E-state index contributed by atoms with van der Waals surface area (Å²) in [5.74, 6) is -1.10. The molecule has 2 saturated heterocycles. The summed E-state index contributed by atoms with van der Waals surface area (Å²) in [6.45, 7) is 0.500. The van der Waals surface area contributed by atoms with Crippen LogP contribution in [-0.2, 0) is 9.59 Å². The highest BCUT2D eigenvalue weighted by Gasteiger charge is 2.63. The molecule has 8 heteroatoms. The molecule has 2 fully saturated rings. The van der Waals surface area contributed by atoms with E-state index in [4.69, 9.17) is 11.8 Å². The summed E-state index contributed by atoms with van der Waals surface area (Å²) in [6, 6.07) is 5.85. The Hall–Kier alpha value is -1.93. The number of anilines is 1. The van der Waals surface area contributed by atoms with Crippen LogP contribution in [0, 0.1) is 11.3 Å². The number of halogens is 1. The van der Waals surface area contributed by atoms with E-state index in [1.54, 1.807) is 24.3 Å². The third-order valence-electron chi connectivity index (χ3n) is 5.44. The van der Waals surface area contributed by atoms with Gasteiger partial charge in [0.05, 0.1) is 11.5 Å². The van der Waals surface area contributed by atoms with Gasteiger partial charge in [-0.3, -0.25) is 9.59 Å².